The number of ether oxygens (including phenoxy) is 2. The van der Waals surface area contributed by atoms with Gasteiger partial charge >= 0.3 is 0 Å². The fraction of sp³-hybridized carbons (Fsp3) is 0.250. The number of phenols is 2. The highest BCUT2D eigenvalue weighted by molar-refractivity contribution is 6.12. The lowest BCUT2D eigenvalue weighted by molar-refractivity contribution is 0.103. The summed E-state index contributed by atoms with van der Waals surface area (Å²) in [6.45, 7) is 8.23. The third-order valence-electron chi connectivity index (χ3n) is 3.66. The van der Waals surface area contributed by atoms with Gasteiger partial charge in [0.15, 0.2) is 5.78 Å². The minimum absolute atomic E-state index is 0.0902. The first-order valence-corrected chi connectivity index (χ1v) is 8.12. The molecule has 0 aliphatic rings. The van der Waals surface area contributed by atoms with Crippen molar-refractivity contribution in [3.05, 3.63) is 59.7 Å². The molecule has 2 rings (SSSR count). The number of rotatable bonds is 8. The monoisotopic (exact) mass is 342 g/mol. The molecule has 0 saturated carbocycles. The Hall–Kier alpha value is -2.95. The summed E-state index contributed by atoms with van der Waals surface area (Å²) in [6.07, 6.45) is 1.98. The lowest BCUT2D eigenvalue weighted by atomic mass is 9.97. The Labute approximate surface area is 147 Å². The van der Waals surface area contributed by atoms with Gasteiger partial charge < -0.3 is 19.7 Å². The van der Waals surface area contributed by atoms with Gasteiger partial charge in [0.05, 0.1) is 24.3 Å². The summed E-state index contributed by atoms with van der Waals surface area (Å²) in [5.41, 5.74) is 0.681. The first-order chi connectivity index (χ1) is 12.0. The van der Waals surface area contributed by atoms with E-state index in [1.165, 1.54) is 18.2 Å². The van der Waals surface area contributed by atoms with Gasteiger partial charge in [0, 0.05) is 11.6 Å². The molecule has 0 aliphatic carbocycles. The summed E-state index contributed by atoms with van der Waals surface area (Å²) in [6, 6.07) is 7.59. The average molecular weight is 342 g/mol. The van der Waals surface area contributed by atoms with Crippen LogP contribution in [0.2, 0.25) is 0 Å². The number of benzene rings is 2. The summed E-state index contributed by atoms with van der Waals surface area (Å²) < 4.78 is 10.8. The van der Waals surface area contributed by atoms with Crippen LogP contribution < -0.4 is 9.47 Å². The summed E-state index contributed by atoms with van der Waals surface area (Å²) in [4.78, 5) is 12.8. The van der Waals surface area contributed by atoms with Crippen LogP contribution in [0.3, 0.4) is 0 Å². The Balaban J connectivity index is 2.45. The van der Waals surface area contributed by atoms with Crippen LogP contribution in [0.4, 0.5) is 0 Å². The van der Waals surface area contributed by atoms with E-state index in [4.69, 9.17) is 9.47 Å². The first-order valence-electron chi connectivity index (χ1n) is 8.12. The largest absolute Gasteiger partial charge is 0.507 e. The highest BCUT2D eigenvalue weighted by atomic mass is 16.5. The zero-order chi connectivity index (χ0) is 18.4. The van der Waals surface area contributed by atoms with Crippen molar-refractivity contribution < 1.29 is 24.5 Å². The third kappa shape index (κ3) is 3.94. The maximum atomic E-state index is 12.8. The van der Waals surface area contributed by atoms with Crippen LogP contribution in [-0.2, 0) is 6.42 Å². The fourth-order valence-electron chi connectivity index (χ4n) is 2.54. The normalized spacial score (nSPS) is 10.3. The van der Waals surface area contributed by atoms with E-state index >= 15 is 0 Å². The molecule has 5 heteroatoms. The number of phenolic OH excluding ortho intramolecular Hbond substituents is 2. The highest BCUT2D eigenvalue weighted by Gasteiger charge is 2.21. The molecule has 0 amide bonds. The Morgan fingerprint density at radius 1 is 1.08 bits per heavy atom. The van der Waals surface area contributed by atoms with Crippen molar-refractivity contribution in [3.8, 4) is 23.0 Å². The Morgan fingerprint density at radius 2 is 1.76 bits per heavy atom. The molecule has 2 aromatic carbocycles. The summed E-state index contributed by atoms with van der Waals surface area (Å²) in [5, 5.41) is 20.7. The SMILES string of the molecule is C=CCc1c(OCC)ccc(C(=O)c2ccc(OCC)cc2O)c1O. The minimum Gasteiger partial charge on any atom is -0.507 e. The summed E-state index contributed by atoms with van der Waals surface area (Å²) in [7, 11) is 0. The molecule has 132 valence electrons. The van der Waals surface area contributed by atoms with Gasteiger partial charge in [-0.05, 0) is 44.5 Å². The standard InChI is InChI=1S/C20H22O5/c1-4-7-15-18(25-6-3)11-10-16(20(15)23)19(22)14-9-8-13(24-5-2)12-17(14)21/h4,8-12,21,23H,1,5-7H2,2-3H3. The molecular formula is C20H22O5. The number of carbonyl (C=O) groups excluding carboxylic acids is 1. The molecule has 2 aromatic rings. The van der Waals surface area contributed by atoms with E-state index in [2.05, 4.69) is 6.58 Å². The lowest BCUT2D eigenvalue weighted by Gasteiger charge is -2.14. The molecule has 0 saturated heterocycles. The van der Waals surface area contributed by atoms with Gasteiger partial charge in [0.1, 0.15) is 23.0 Å². The number of ketones is 1. The van der Waals surface area contributed by atoms with Crippen LogP contribution in [0.5, 0.6) is 23.0 Å². The van der Waals surface area contributed by atoms with Gasteiger partial charge in [-0.2, -0.15) is 0 Å². The first kappa shape index (κ1) is 18.4. The van der Waals surface area contributed by atoms with Crippen molar-refractivity contribution in [1.29, 1.82) is 0 Å². The van der Waals surface area contributed by atoms with Crippen molar-refractivity contribution in [3.63, 3.8) is 0 Å². The van der Waals surface area contributed by atoms with E-state index in [9.17, 15) is 15.0 Å². The number of carbonyl (C=O) groups is 1. The second-order valence-electron chi connectivity index (χ2n) is 5.31. The summed E-state index contributed by atoms with van der Waals surface area (Å²) in [5.74, 6) is 0.136. The number of hydrogen-bond donors (Lipinski definition) is 2. The third-order valence-corrected chi connectivity index (χ3v) is 3.66. The van der Waals surface area contributed by atoms with Crippen LogP contribution in [0.1, 0.15) is 35.3 Å². The molecule has 0 spiro atoms. The van der Waals surface area contributed by atoms with Crippen molar-refractivity contribution in [2.75, 3.05) is 13.2 Å². The zero-order valence-corrected chi connectivity index (χ0v) is 14.4. The average Bonchev–Trinajstić information content (AvgIpc) is 2.58. The van der Waals surface area contributed by atoms with Gasteiger partial charge in [-0.15, -0.1) is 6.58 Å². The van der Waals surface area contributed by atoms with Gasteiger partial charge in [0.25, 0.3) is 0 Å². The zero-order valence-electron chi connectivity index (χ0n) is 14.4. The Bertz CT molecular complexity index is 780. The predicted molar refractivity (Wildman–Crippen MR) is 95.9 cm³/mol. The minimum atomic E-state index is -0.480. The number of aromatic hydroxyl groups is 2. The maximum absolute atomic E-state index is 12.8. The lowest BCUT2D eigenvalue weighted by Crippen LogP contribution is -2.05. The van der Waals surface area contributed by atoms with E-state index in [1.807, 2.05) is 13.8 Å². The molecule has 2 N–H and O–H groups in total. The maximum Gasteiger partial charge on any atom is 0.200 e. The van der Waals surface area contributed by atoms with E-state index in [0.717, 1.165) is 0 Å². The molecule has 0 radical (unpaired) electrons. The van der Waals surface area contributed by atoms with Gasteiger partial charge in [-0.1, -0.05) is 6.08 Å². The molecule has 0 bridgehead atoms. The van der Waals surface area contributed by atoms with Gasteiger partial charge in [-0.3, -0.25) is 4.79 Å². The molecule has 0 fully saturated rings. The van der Waals surface area contributed by atoms with Crippen molar-refractivity contribution in [2.24, 2.45) is 0 Å². The Morgan fingerprint density at radius 3 is 2.36 bits per heavy atom. The van der Waals surface area contributed by atoms with Crippen LogP contribution in [-0.4, -0.2) is 29.2 Å². The van der Waals surface area contributed by atoms with Crippen LogP contribution in [0.25, 0.3) is 0 Å². The van der Waals surface area contributed by atoms with Gasteiger partial charge in [0.2, 0.25) is 0 Å². The van der Waals surface area contributed by atoms with E-state index < -0.39 is 5.78 Å². The summed E-state index contributed by atoms with van der Waals surface area (Å²) >= 11 is 0. The van der Waals surface area contributed by atoms with E-state index in [-0.39, 0.29) is 22.6 Å². The second-order valence-corrected chi connectivity index (χ2v) is 5.31. The van der Waals surface area contributed by atoms with E-state index in [0.29, 0.717) is 36.7 Å². The molecule has 0 heterocycles. The number of hydrogen-bond acceptors (Lipinski definition) is 5. The topological polar surface area (TPSA) is 76.0 Å². The Kier molecular flexibility index (Phi) is 6.06. The van der Waals surface area contributed by atoms with Crippen molar-refractivity contribution in [2.45, 2.75) is 20.3 Å². The molecule has 0 atom stereocenters. The van der Waals surface area contributed by atoms with Crippen molar-refractivity contribution >= 4 is 5.78 Å². The van der Waals surface area contributed by atoms with E-state index in [1.54, 1.807) is 18.2 Å². The van der Waals surface area contributed by atoms with Crippen LogP contribution in [0.15, 0.2) is 43.0 Å². The molecule has 0 unspecified atom stereocenters. The van der Waals surface area contributed by atoms with Crippen molar-refractivity contribution in [1.82, 2.24) is 0 Å². The predicted octanol–water partition coefficient (Wildman–Crippen LogP) is 3.85. The van der Waals surface area contributed by atoms with Crippen LogP contribution >= 0.6 is 0 Å². The van der Waals surface area contributed by atoms with Gasteiger partial charge in [-0.25, -0.2) is 0 Å². The number of allylic oxidation sites excluding steroid dienone is 1. The fourth-order valence-corrected chi connectivity index (χ4v) is 2.54. The highest BCUT2D eigenvalue weighted by Crippen LogP contribution is 2.35. The molecule has 0 aliphatic heterocycles. The quantitative estimate of drug-likeness (QED) is 0.563. The van der Waals surface area contributed by atoms with Crippen LogP contribution in [0, 0.1) is 0 Å². The molecule has 25 heavy (non-hydrogen) atoms. The molecule has 5 nitrogen and oxygen atoms in total. The molecule has 0 aromatic heterocycles. The smallest absolute Gasteiger partial charge is 0.200 e. The second kappa shape index (κ2) is 8.24. The molecular weight excluding hydrogens is 320 g/mol.